The predicted octanol–water partition coefficient (Wildman–Crippen LogP) is 3.68. The Labute approximate surface area is 121 Å². The number of nitrogens with zero attached hydrogens (tertiary/aromatic N) is 2. The van der Waals surface area contributed by atoms with E-state index in [1.807, 2.05) is 13.0 Å². The van der Waals surface area contributed by atoms with E-state index < -0.39 is 0 Å². The van der Waals surface area contributed by atoms with Crippen molar-refractivity contribution in [1.82, 2.24) is 9.97 Å². The van der Waals surface area contributed by atoms with Crippen LogP contribution in [0.15, 0.2) is 24.3 Å². The lowest BCUT2D eigenvalue weighted by molar-refractivity contribution is 0.290. The third-order valence-corrected chi connectivity index (χ3v) is 2.85. The molecule has 0 amide bonds. The number of hydrogen-bond acceptors (Lipinski definition) is 4. The lowest BCUT2D eigenvalue weighted by atomic mass is 10.2. The largest absolute Gasteiger partial charge is 0.485 e. The zero-order valence-electron chi connectivity index (χ0n) is 10.5. The van der Waals surface area contributed by atoms with Gasteiger partial charge in [0.25, 0.3) is 0 Å². The summed E-state index contributed by atoms with van der Waals surface area (Å²) in [5.74, 6) is 1.59. The summed E-state index contributed by atoms with van der Waals surface area (Å²) in [4.78, 5) is 8.21. The number of ether oxygens (including phenoxy) is 2. The van der Waals surface area contributed by atoms with Crippen molar-refractivity contribution in [2.45, 2.75) is 13.5 Å². The van der Waals surface area contributed by atoms with Gasteiger partial charge in [0.15, 0.2) is 5.82 Å². The van der Waals surface area contributed by atoms with Crippen LogP contribution in [-0.2, 0) is 6.61 Å². The Balaban J connectivity index is 2.12. The SMILES string of the molecule is COc1cc(Cl)nc(COc2ccc(Cl)cc2C)n1. The van der Waals surface area contributed by atoms with E-state index in [9.17, 15) is 0 Å². The summed E-state index contributed by atoms with van der Waals surface area (Å²) in [6.07, 6.45) is 0. The maximum absolute atomic E-state index is 5.88. The van der Waals surface area contributed by atoms with Crippen molar-refractivity contribution >= 4 is 23.2 Å². The normalized spacial score (nSPS) is 10.3. The molecule has 19 heavy (non-hydrogen) atoms. The molecule has 0 N–H and O–H groups in total. The lowest BCUT2D eigenvalue weighted by Gasteiger charge is -2.09. The molecule has 1 aromatic heterocycles. The Kier molecular flexibility index (Phi) is 4.45. The first kappa shape index (κ1) is 13.9. The highest BCUT2D eigenvalue weighted by Crippen LogP contribution is 2.23. The van der Waals surface area contributed by atoms with Crippen LogP contribution in [0.4, 0.5) is 0 Å². The van der Waals surface area contributed by atoms with Gasteiger partial charge in [-0.2, -0.15) is 4.98 Å². The second kappa shape index (κ2) is 6.08. The molecular weight excluding hydrogens is 287 g/mol. The lowest BCUT2D eigenvalue weighted by Crippen LogP contribution is -2.03. The number of benzene rings is 1. The number of hydrogen-bond donors (Lipinski definition) is 0. The van der Waals surface area contributed by atoms with E-state index in [0.717, 1.165) is 11.3 Å². The molecule has 0 radical (unpaired) electrons. The molecule has 0 unspecified atom stereocenters. The van der Waals surface area contributed by atoms with E-state index in [1.165, 1.54) is 7.11 Å². The van der Waals surface area contributed by atoms with Gasteiger partial charge >= 0.3 is 0 Å². The summed E-state index contributed by atoms with van der Waals surface area (Å²) in [6.45, 7) is 2.13. The van der Waals surface area contributed by atoms with E-state index >= 15 is 0 Å². The Morgan fingerprint density at radius 3 is 2.63 bits per heavy atom. The molecule has 0 bridgehead atoms. The number of aromatic nitrogens is 2. The standard InChI is InChI=1S/C13H12Cl2N2O2/c1-8-5-9(14)3-4-10(8)19-7-12-16-11(15)6-13(17-12)18-2/h3-6H,7H2,1-2H3. The zero-order valence-corrected chi connectivity index (χ0v) is 12.0. The first-order chi connectivity index (χ1) is 9.08. The van der Waals surface area contributed by atoms with Crippen molar-refractivity contribution in [2.75, 3.05) is 7.11 Å². The van der Waals surface area contributed by atoms with Crippen molar-refractivity contribution in [3.63, 3.8) is 0 Å². The van der Waals surface area contributed by atoms with Crippen LogP contribution in [0, 0.1) is 6.92 Å². The molecule has 2 rings (SSSR count). The van der Waals surface area contributed by atoms with Crippen molar-refractivity contribution in [3.8, 4) is 11.6 Å². The maximum Gasteiger partial charge on any atom is 0.217 e. The first-order valence-corrected chi connectivity index (χ1v) is 6.30. The molecule has 100 valence electrons. The van der Waals surface area contributed by atoms with E-state index in [4.69, 9.17) is 32.7 Å². The van der Waals surface area contributed by atoms with E-state index in [2.05, 4.69) is 9.97 Å². The van der Waals surface area contributed by atoms with Crippen LogP contribution in [0.25, 0.3) is 0 Å². The molecule has 4 nitrogen and oxygen atoms in total. The summed E-state index contributed by atoms with van der Waals surface area (Å²) in [5.41, 5.74) is 0.946. The fraction of sp³-hybridized carbons (Fsp3) is 0.231. The summed E-state index contributed by atoms with van der Waals surface area (Å²) < 4.78 is 10.7. The van der Waals surface area contributed by atoms with Crippen LogP contribution in [-0.4, -0.2) is 17.1 Å². The third kappa shape index (κ3) is 3.72. The van der Waals surface area contributed by atoms with Crippen LogP contribution < -0.4 is 9.47 Å². The minimum atomic E-state index is 0.208. The molecule has 1 heterocycles. The number of halogens is 2. The van der Waals surface area contributed by atoms with Crippen LogP contribution in [0.1, 0.15) is 11.4 Å². The topological polar surface area (TPSA) is 44.2 Å². The zero-order chi connectivity index (χ0) is 13.8. The van der Waals surface area contributed by atoms with Crippen LogP contribution >= 0.6 is 23.2 Å². The molecule has 0 fully saturated rings. The fourth-order valence-corrected chi connectivity index (χ4v) is 1.95. The highest BCUT2D eigenvalue weighted by molar-refractivity contribution is 6.30. The van der Waals surface area contributed by atoms with Gasteiger partial charge in [0.1, 0.15) is 17.5 Å². The predicted molar refractivity (Wildman–Crippen MR) is 74.1 cm³/mol. The maximum atomic E-state index is 5.88. The van der Waals surface area contributed by atoms with Gasteiger partial charge in [-0.15, -0.1) is 0 Å². The summed E-state index contributed by atoms with van der Waals surface area (Å²) >= 11 is 11.7. The van der Waals surface area contributed by atoms with Gasteiger partial charge in [-0.25, -0.2) is 4.98 Å². The first-order valence-electron chi connectivity index (χ1n) is 5.55. The van der Waals surface area contributed by atoms with Gasteiger partial charge in [0, 0.05) is 11.1 Å². The van der Waals surface area contributed by atoms with Crippen molar-refractivity contribution in [1.29, 1.82) is 0 Å². The molecule has 0 aliphatic carbocycles. The summed E-state index contributed by atoms with van der Waals surface area (Å²) in [6, 6.07) is 6.94. The smallest absolute Gasteiger partial charge is 0.217 e. The Hall–Kier alpha value is -1.52. The quantitative estimate of drug-likeness (QED) is 0.808. The average molecular weight is 299 g/mol. The molecule has 2 aromatic rings. The Morgan fingerprint density at radius 2 is 1.95 bits per heavy atom. The van der Waals surface area contributed by atoms with E-state index in [0.29, 0.717) is 21.9 Å². The van der Waals surface area contributed by atoms with Gasteiger partial charge in [-0.1, -0.05) is 23.2 Å². The third-order valence-electron chi connectivity index (χ3n) is 2.42. The molecule has 6 heteroatoms. The molecule has 0 spiro atoms. The molecule has 0 saturated carbocycles. The van der Waals surface area contributed by atoms with E-state index in [-0.39, 0.29) is 6.61 Å². The molecule has 0 aliphatic heterocycles. The fourth-order valence-electron chi connectivity index (χ4n) is 1.53. The molecule has 0 aliphatic rings. The highest BCUT2D eigenvalue weighted by Gasteiger charge is 2.06. The second-order valence-electron chi connectivity index (χ2n) is 3.85. The van der Waals surface area contributed by atoms with Crippen LogP contribution in [0.3, 0.4) is 0 Å². The van der Waals surface area contributed by atoms with Gasteiger partial charge in [-0.05, 0) is 30.7 Å². The Morgan fingerprint density at radius 1 is 1.16 bits per heavy atom. The van der Waals surface area contributed by atoms with Crippen molar-refractivity contribution < 1.29 is 9.47 Å². The summed E-state index contributed by atoms with van der Waals surface area (Å²) in [7, 11) is 1.52. The Bertz CT molecular complexity index is 591. The summed E-state index contributed by atoms with van der Waals surface area (Å²) in [5, 5.41) is 0.990. The molecular formula is C13H12Cl2N2O2. The van der Waals surface area contributed by atoms with Gasteiger partial charge in [0.2, 0.25) is 5.88 Å². The van der Waals surface area contributed by atoms with Crippen molar-refractivity contribution in [2.24, 2.45) is 0 Å². The second-order valence-corrected chi connectivity index (χ2v) is 4.67. The number of rotatable bonds is 4. The molecule has 0 saturated heterocycles. The van der Waals surface area contributed by atoms with Gasteiger partial charge in [0.05, 0.1) is 7.11 Å². The van der Waals surface area contributed by atoms with Crippen LogP contribution in [0.2, 0.25) is 10.2 Å². The van der Waals surface area contributed by atoms with Crippen LogP contribution in [0.5, 0.6) is 11.6 Å². The van der Waals surface area contributed by atoms with Crippen molar-refractivity contribution in [3.05, 3.63) is 45.8 Å². The minimum Gasteiger partial charge on any atom is -0.485 e. The van der Waals surface area contributed by atoms with Gasteiger partial charge in [-0.3, -0.25) is 0 Å². The molecule has 1 aromatic carbocycles. The molecule has 0 atom stereocenters. The average Bonchev–Trinajstić information content (AvgIpc) is 2.37. The van der Waals surface area contributed by atoms with Gasteiger partial charge < -0.3 is 9.47 Å². The number of aryl methyl sites for hydroxylation is 1. The monoisotopic (exact) mass is 298 g/mol. The van der Waals surface area contributed by atoms with E-state index in [1.54, 1.807) is 18.2 Å². The highest BCUT2D eigenvalue weighted by atomic mass is 35.5. The minimum absolute atomic E-state index is 0.208. The number of methoxy groups -OCH3 is 1.